The molecule has 106 valence electrons. The first-order valence-electron chi connectivity index (χ1n) is 5.37. The number of aromatic nitrogens is 3. The molecule has 19 heavy (non-hydrogen) atoms. The van der Waals surface area contributed by atoms with Gasteiger partial charge in [-0.15, -0.1) is 5.10 Å². The molecule has 0 spiro atoms. The lowest BCUT2D eigenvalue weighted by atomic mass is 10.2. The number of nitrogens with zero attached hydrogens (tertiary/aromatic N) is 3. The lowest BCUT2D eigenvalue weighted by Crippen LogP contribution is -2.25. The van der Waals surface area contributed by atoms with Crippen molar-refractivity contribution < 1.29 is 24.1 Å². The molecule has 1 aromatic rings. The highest BCUT2D eigenvalue weighted by atomic mass is 32.4. The first-order valence-corrected chi connectivity index (χ1v) is 7.86. The number of nitrogens with two attached hydrogens (primary N) is 1. The number of hydrogen-bond acceptors (Lipinski definition) is 7. The predicted octanol–water partition coefficient (Wildman–Crippen LogP) is -1.46. The molecule has 1 amide bonds. The number of primary amides is 1. The summed E-state index contributed by atoms with van der Waals surface area (Å²) in [5.41, 5.74) is 5.04. The molecule has 11 heteroatoms. The van der Waals surface area contributed by atoms with Crippen molar-refractivity contribution in [2.75, 3.05) is 6.61 Å². The van der Waals surface area contributed by atoms with Gasteiger partial charge in [-0.25, -0.2) is 9.67 Å². The molecule has 1 fully saturated rings. The monoisotopic (exact) mass is 308 g/mol. The zero-order valence-corrected chi connectivity index (χ0v) is 11.5. The van der Waals surface area contributed by atoms with Crippen molar-refractivity contribution in [3.8, 4) is 0 Å². The molecule has 1 saturated heterocycles. The molecule has 0 aliphatic carbocycles. The topological polar surface area (TPSA) is 133 Å². The molecule has 9 nitrogen and oxygen atoms in total. The summed E-state index contributed by atoms with van der Waals surface area (Å²) in [4.78, 5) is 23.5. The lowest BCUT2D eigenvalue weighted by Gasteiger charge is -2.14. The predicted molar refractivity (Wildman–Crippen MR) is 66.9 cm³/mol. The molecule has 4 atom stereocenters. The van der Waals surface area contributed by atoms with Crippen molar-refractivity contribution in [1.82, 2.24) is 14.8 Å². The van der Waals surface area contributed by atoms with Gasteiger partial charge in [-0.3, -0.25) is 4.79 Å². The summed E-state index contributed by atoms with van der Waals surface area (Å²) in [5, 5.41) is 13.6. The van der Waals surface area contributed by atoms with E-state index in [-0.39, 0.29) is 18.9 Å². The Labute approximate surface area is 113 Å². The Kier molecular flexibility index (Phi) is 4.61. The van der Waals surface area contributed by atoms with Crippen LogP contribution in [0.1, 0.15) is 23.3 Å². The maximum Gasteiger partial charge on any atom is 0.288 e. The Balaban J connectivity index is 1.99. The first-order chi connectivity index (χ1) is 8.97. The van der Waals surface area contributed by atoms with Gasteiger partial charge < -0.3 is 25.0 Å². The summed E-state index contributed by atoms with van der Waals surface area (Å²) < 4.78 is 11.7. The zero-order chi connectivity index (χ0) is 14.0. The quantitative estimate of drug-likeness (QED) is 0.562. The van der Waals surface area contributed by atoms with Crippen LogP contribution in [-0.2, 0) is 21.1 Å². The van der Waals surface area contributed by atoms with Gasteiger partial charge in [-0.05, 0) is 11.8 Å². The van der Waals surface area contributed by atoms with E-state index >= 15 is 0 Å². The minimum absolute atomic E-state index is 0.00331. The Hall–Kier alpha value is -0.900. The summed E-state index contributed by atoms with van der Waals surface area (Å²) >= 11 is 4.53. The molecule has 0 bridgehead atoms. The maximum absolute atomic E-state index is 10.9. The SMILES string of the molecule is NC(=O)c1ncn([C@H]2C[C@H](O)[C@@H](CO[PH](O)=S)O2)n1. The average molecular weight is 308 g/mol. The third-order valence-electron chi connectivity index (χ3n) is 2.60. The van der Waals surface area contributed by atoms with E-state index in [1.165, 1.54) is 11.0 Å². The summed E-state index contributed by atoms with van der Waals surface area (Å²) in [5.74, 6) is -0.861. The van der Waals surface area contributed by atoms with Gasteiger partial charge >= 0.3 is 0 Å². The molecular weight excluding hydrogens is 295 g/mol. The fourth-order valence-electron chi connectivity index (χ4n) is 1.71. The third kappa shape index (κ3) is 3.56. The van der Waals surface area contributed by atoms with E-state index in [9.17, 15) is 9.90 Å². The van der Waals surface area contributed by atoms with E-state index in [1.54, 1.807) is 0 Å². The van der Waals surface area contributed by atoms with Gasteiger partial charge in [0.05, 0.1) is 12.7 Å². The van der Waals surface area contributed by atoms with Gasteiger partial charge in [0.25, 0.3) is 5.91 Å². The normalized spacial score (nSPS) is 28.4. The Bertz CT molecular complexity index is 497. The molecule has 2 rings (SSSR count). The fourth-order valence-corrected chi connectivity index (χ4v) is 2.22. The number of carbonyl (C=O) groups excluding carboxylic acids is 1. The van der Waals surface area contributed by atoms with Gasteiger partial charge in [0.15, 0.2) is 13.4 Å². The van der Waals surface area contributed by atoms with Crippen LogP contribution >= 0.6 is 7.15 Å². The largest absolute Gasteiger partial charge is 0.390 e. The highest BCUT2D eigenvalue weighted by molar-refractivity contribution is 8.00. The number of aliphatic hydroxyl groups excluding tert-OH is 1. The molecule has 0 saturated carbocycles. The smallest absolute Gasteiger partial charge is 0.288 e. The second kappa shape index (κ2) is 6.04. The summed E-state index contributed by atoms with van der Waals surface area (Å²) in [7, 11) is -2.24. The molecule has 2 heterocycles. The summed E-state index contributed by atoms with van der Waals surface area (Å²) in [6, 6.07) is 0. The van der Waals surface area contributed by atoms with E-state index in [0.29, 0.717) is 0 Å². The van der Waals surface area contributed by atoms with Gasteiger partial charge in [-0.1, -0.05) is 0 Å². The number of rotatable bonds is 5. The number of amides is 1. The van der Waals surface area contributed by atoms with E-state index in [4.69, 9.17) is 19.9 Å². The Morgan fingerprint density at radius 1 is 1.79 bits per heavy atom. The molecule has 0 radical (unpaired) electrons. The van der Waals surface area contributed by atoms with Gasteiger partial charge in [-0.2, -0.15) is 0 Å². The molecule has 1 aromatic heterocycles. The van der Waals surface area contributed by atoms with Crippen LogP contribution < -0.4 is 5.73 Å². The fraction of sp³-hybridized carbons (Fsp3) is 0.625. The highest BCUT2D eigenvalue weighted by Crippen LogP contribution is 2.29. The van der Waals surface area contributed by atoms with Gasteiger partial charge in [0.1, 0.15) is 12.4 Å². The minimum atomic E-state index is -2.24. The van der Waals surface area contributed by atoms with Crippen LogP contribution in [-0.4, -0.2) is 49.5 Å². The van der Waals surface area contributed by atoms with Crippen molar-refractivity contribution in [1.29, 1.82) is 0 Å². The number of ether oxygens (including phenoxy) is 1. The molecule has 1 aliphatic heterocycles. The first kappa shape index (κ1) is 14.5. The Morgan fingerprint density at radius 2 is 2.53 bits per heavy atom. The zero-order valence-electron chi connectivity index (χ0n) is 9.67. The highest BCUT2D eigenvalue weighted by Gasteiger charge is 2.36. The molecular formula is C8H13N4O5PS. The second-order valence-corrected chi connectivity index (χ2v) is 5.79. The number of carbonyl (C=O) groups is 1. The van der Waals surface area contributed by atoms with Crippen LogP contribution in [0, 0.1) is 0 Å². The second-order valence-electron chi connectivity index (χ2n) is 3.92. The number of aliphatic hydroxyl groups is 1. The summed E-state index contributed by atoms with van der Waals surface area (Å²) in [6.45, 7) is 0.00331. The van der Waals surface area contributed by atoms with E-state index < -0.39 is 31.5 Å². The average Bonchev–Trinajstić information content (AvgIpc) is 2.92. The molecule has 4 N–H and O–H groups in total. The van der Waals surface area contributed by atoms with Crippen LogP contribution in [0.15, 0.2) is 6.33 Å². The van der Waals surface area contributed by atoms with Crippen LogP contribution in [0.3, 0.4) is 0 Å². The number of hydrogen-bond donors (Lipinski definition) is 3. The standard InChI is InChI=1S/C8H13N4O5PS/c9-7(14)8-10-3-12(11-8)6-1-4(13)5(17-6)2-16-18(15)19/h3-6,13,18H,1-2H2,(H2,9,14)(H,15,19)/t4-,5+,6+/m0/s1. The van der Waals surface area contributed by atoms with Crippen LogP contribution in [0.5, 0.6) is 0 Å². The van der Waals surface area contributed by atoms with Crippen molar-refractivity contribution in [2.45, 2.75) is 24.9 Å². The van der Waals surface area contributed by atoms with Crippen molar-refractivity contribution in [3.05, 3.63) is 12.2 Å². The minimum Gasteiger partial charge on any atom is -0.390 e. The van der Waals surface area contributed by atoms with E-state index in [0.717, 1.165) is 0 Å². The van der Waals surface area contributed by atoms with E-state index in [1.807, 2.05) is 0 Å². The molecule has 0 aromatic carbocycles. The van der Waals surface area contributed by atoms with Gasteiger partial charge in [0.2, 0.25) is 5.82 Å². The molecule has 1 unspecified atom stereocenters. The lowest BCUT2D eigenvalue weighted by molar-refractivity contribution is -0.0428. The van der Waals surface area contributed by atoms with Gasteiger partial charge in [0, 0.05) is 6.42 Å². The van der Waals surface area contributed by atoms with Crippen molar-refractivity contribution in [3.63, 3.8) is 0 Å². The van der Waals surface area contributed by atoms with Crippen LogP contribution in [0.4, 0.5) is 0 Å². The molecule has 1 aliphatic rings. The van der Waals surface area contributed by atoms with E-state index in [2.05, 4.69) is 21.9 Å². The van der Waals surface area contributed by atoms with Crippen molar-refractivity contribution >= 4 is 24.9 Å². The van der Waals surface area contributed by atoms with Crippen molar-refractivity contribution in [2.24, 2.45) is 5.73 Å². The third-order valence-corrected chi connectivity index (χ3v) is 3.37. The van der Waals surface area contributed by atoms with Crippen LogP contribution in [0.25, 0.3) is 0 Å². The van der Waals surface area contributed by atoms with Crippen LogP contribution in [0.2, 0.25) is 0 Å². The summed E-state index contributed by atoms with van der Waals surface area (Å²) in [6.07, 6.45) is -0.386. The maximum atomic E-state index is 10.9. The Morgan fingerprint density at radius 3 is 3.11 bits per heavy atom.